The Hall–Kier alpha value is -2.64. The molecule has 3 aromatic rings. The first-order valence-corrected chi connectivity index (χ1v) is 9.41. The Morgan fingerprint density at radius 3 is 2.74 bits per heavy atom. The molecular formula is C20H19FN2O3S. The molecule has 0 fully saturated rings. The lowest BCUT2D eigenvalue weighted by Crippen LogP contribution is -2.30. The summed E-state index contributed by atoms with van der Waals surface area (Å²) in [7, 11) is 0. The number of benzene rings is 2. The number of aliphatic hydroxyl groups excluding tert-OH is 1. The number of amides is 1. The Morgan fingerprint density at radius 2 is 1.96 bits per heavy atom. The third kappa shape index (κ3) is 5.18. The van der Waals surface area contributed by atoms with Gasteiger partial charge in [0.1, 0.15) is 10.8 Å². The van der Waals surface area contributed by atoms with Gasteiger partial charge in [-0.05, 0) is 41.8 Å². The Balaban J connectivity index is 1.66. The van der Waals surface area contributed by atoms with Crippen LogP contribution in [0.2, 0.25) is 0 Å². The normalized spacial score (nSPS) is 10.9. The largest absolute Gasteiger partial charge is 0.396 e. The van der Waals surface area contributed by atoms with Gasteiger partial charge in [-0.2, -0.15) is 0 Å². The van der Waals surface area contributed by atoms with Crippen molar-refractivity contribution in [2.75, 3.05) is 13.2 Å². The van der Waals surface area contributed by atoms with Gasteiger partial charge in [-0.3, -0.25) is 9.59 Å². The maximum Gasteiger partial charge on any atom is 0.227 e. The molecule has 1 heterocycles. The molecule has 0 spiro atoms. The second kappa shape index (κ2) is 8.83. The van der Waals surface area contributed by atoms with Crippen LogP contribution in [-0.4, -0.2) is 34.9 Å². The van der Waals surface area contributed by atoms with Crippen molar-refractivity contribution in [1.82, 2.24) is 10.3 Å². The van der Waals surface area contributed by atoms with Crippen LogP contribution in [0.1, 0.15) is 17.8 Å². The predicted molar refractivity (Wildman–Crippen MR) is 103 cm³/mol. The van der Waals surface area contributed by atoms with Crippen LogP contribution < -0.4 is 5.32 Å². The highest BCUT2D eigenvalue weighted by Crippen LogP contribution is 2.28. The minimum atomic E-state index is -0.289. The van der Waals surface area contributed by atoms with Crippen molar-refractivity contribution >= 4 is 33.2 Å². The Morgan fingerprint density at radius 1 is 1.15 bits per heavy atom. The van der Waals surface area contributed by atoms with E-state index in [0.29, 0.717) is 11.4 Å². The number of thiazole rings is 1. The zero-order valence-corrected chi connectivity index (χ0v) is 15.4. The van der Waals surface area contributed by atoms with Crippen LogP contribution in [0, 0.1) is 5.82 Å². The first-order chi connectivity index (χ1) is 13.0. The molecule has 0 aliphatic heterocycles. The topological polar surface area (TPSA) is 79.3 Å². The molecule has 0 atom stereocenters. The van der Waals surface area contributed by atoms with E-state index in [-0.39, 0.29) is 43.5 Å². The maximum atomic E-state index is 13.4. The number of hydrogen-bond acceptors (Lipinski definition) is 5. The molecule has 3 rings (SSSR count). The predicted octanol–water partition coefficient (Wildman–Crippen LogP) is 3.10. The number of fused-ring (bicyclic) bond motifs is 1. The van der Waals surface area contributed by atoms with Crippen molar-refractivity contribution in [3.05, 3.63) is 53.3 Å². The van der Waals surface area contributed by atoms with E-state index in [9.17, 15) is 14.0 Å². The maximum absolute atomic E-state index is 13.4. The summed E-state index contributed by atoms with van der Waals surface area (Å²) in [5, 5.41) is 11.9. The molecule has 27 heavy (non-hydrogen) atoms. The Kier molecular flexibility index (Phi) is 6.26. The number of nitrogens with zero attached hydrogens (tertiary/aromatic N) is 1. The number of Topliss-reactive ketones (excluding diaryl/α,β-unsaturated/α-hetero) is 1. The lowest BCUT2D eigenvalue weighted by Gasteiger charge is -2.02. The number of aromatic nitrogens is 1. The van der Waals surface area contributed by atoms with E-state index in [0.717, 1.165) is 21.3 Å². The molecule has 5 nitrogen and oxygen atoms in total. The number of ketones is 1. The standard InChI is InChI=1S/C20H19FN2O3S/c21-15-4-1-3-13(9-15)14-6-7-17-18(10-14)27-20(23-17)11-19(26)22-12-16(25)5-2-8-24/h1,3-4,6-7,9-10,24H,2,5,8,11-12H2,(H,22,26). The Labute approximate surface area is 159 Å². The van der Waals surface area contributed by atoms with Gasteiger partial charge in [-0.1, -0.05) is 18.2 Å². The fraction of sp³-hybridized carbons (Fsp3) is 0.250. The molecule has 0 radical (unpaired) electrons. The number of halogens is 1. The van der Waals surface area contributed by atoms with Crippen LogP contribution in [0.5, 0.6) is 0 Å². The molecule has 1 aromatic heterocycles. The summed E-state index contributed by atoms with van der Waals surface area (Å²) in [6.07, 6.45) is 0.753. The van der Waals surface area contributed by atoms with E-state index >= 15 is 0 Å². The average Bonchev–Trinajstić information content (AvgIpc) is 3.06. The zero-order chi connectivity index (χ0) is 19.2. The van der Waals surface area contributed by atoms with E-state index in [1.54, 1.807) is 6.07 Å². The van der Waals surface area contributed by atoms with Crippen LogP contribution in [0.15, 0.2) is 42.5 Å². The van der Waals surface area contributed by atoms with Gasteiger partial charge in [0.15, 0.2) is 5.78 Å². The first-order valence-electron chi connectivity index (χ1n) is 8.60. The van der Waals surface area contributed by atoms with Crippen molar-refractivity contribution in [2.45, 2.75) is 19.3 Å². The SMILES string of the molecule is O=C(CCCO)CNC(=O)Cc1nc2ccc(-c3cccc(F)c3)cc2s1. The van der Waals surface area contributed by atoms with Gasteiger partial charge in [0, 0.05) is 13.0 Å². The van der Waals surface area contributed by atoms with Crippen molar-refractivity contribution < 1.29 is 19.1 Å². The number of aliphatic hydroxyl groups is 1. The Bertz CT molecular complexity index is 971. The van der Waals surface area contributed by atoms with E-state index in [2.05, 4.69) is 10.3 Å². The quantitative estimate of drug-likeness (QED) is 0.624. The molecular weight excluding hydrogens is 367 g/mol. The van der Waals surface area contributed by atoms with Gasteiger partial charge < -0.3 is 10.4 Å². The van der Waals surface area contributed by atoms with Crippen LogP contribution in [0.4, 0.5) is 4.39 Å². The van der Waals surface area contributed by atoms with Crippen LogP contribution in [-0.2, 0) is 16.0 Å². The molecule has 2 N–H and O–H groups in total. The fourth-order valence-corrected chi connectivity index (χ4v) is 3.66. The summed E-state index contributed by atoms with van der Waals surface area (Å²) in [6.45, 7) is -0.0730. The van der Waals surface area contributed by atoms with Gasteiger partial charge in [0.05, 0.1) is 23.2 Å². The van der Waals surface area contributed by atoms with Crippen molar-refractivity contribution in [3.8, 4) is 11.1 Å². The van der Waals surface area contributed by atoms with Gasteiger partial charge in [0.2, 0.25) is 5.91 Å². The summed E-state index contributed by atoms with van der Waals surface area (Å²) in [5.74, 6) is -0.666. The van der Waals surface area contributed by atoms with Gasteiger partial charge in [-0.15, -0.1) is 11.3 Å². The highest BCUT2D eigenvalue weighted by molar-refractivity contribution is 7.18. The fourth-order valence-electron chi connectivity index (χ4n) is 2.66. The van der Waals surface area contributed by atoms with Crippen LogP contribution in [0.3, 0.4) is 0 Å². The summed E-state index contributed by atoms with van der Waals surface area (Å²) in [6, 6.07) is 12.0. The van der Waals surface area contributed by atoms with Crippen molar-refractivity contribution in [2.24, 2.45) is 0 Å². The molecule has 0 unspecified atom stereocenters. The lowest BCUT2D eigenvalue weighted by molar-refractivity contribution is -0.124. The summed E-state index contributed by atoms with van der Waals surface area (Å²) in [4.78, 5) is 28.0. The highest BCUT2D eigenvalue weighted by Gasteiger charge is 2.11. The van der Waals surface area contributed by atoms with E-state index < -0.39 is 0 Å². The highest BCUT2D eigenvalue weighted by atomic mass is 32.1. The average molecular weight is 386 g/mol. The van der Waals surface area contributed by atoms with Crippen LogP contribution >= 0.6 is 11.3 Å². The number of rotatable bonds is 8. The third-order valence-corrected chi connectivity index (χ3v) is 5.02. The van der Waals surface area contributed by atoms with Gasteiger partial charge in [0.25, 0.3) is 0 Å². The number of nitrogens with one attached hydrogen (secondary N) is 1. The summed E-state index contributed by atoms with van der Waals surface area (Å²) < 4.78 is 14.3. The van der Waals surface area contributed by atoms with Gasteiger partial charge in [-0.25, -0.2) is 9.37 Å². The van der Waals surface area contributed by atoms with E-state index in [4.69, 9.17) is 5.11 Å². The molecule has 1 amide bonds. The summed E-state index contributed by atoms with van der Waals surface area (Å²) in [5.41, 5.74) is 2.45. The van der Waals surface area contributed by atoms with Crippen molar-refractivity contribution in [3.63, 3.8) is 0 Å². The molecule has 0 bridgehead atoms. The smallest absolute Gasteiger partial charge is 0.227 e. The lowest BCUT2D eigenvalue weighted by atomic mass is 10.1. The first kappa shape index (κ1) is 19.1. The van der Waals surface area contributed by atoms with Gasteiger partial charge >= 0.3 is 0 Å². The zero-order valence-electron chi connectivity index (χ0n) is 14.6. The van der Waals surface area contributed by atoms with E-state index in [1.807, 2.05) is 24.3 Å². The third-order valence-electron chi connectivity index (χ3n) is 4.00. The minimum absolute atomic E-state index is 0.0343. The van der Waals surface area contributed by atoms with Crippen molar-refractivity contribution in [1.29, 1.82) is 0 Å². The monoisotopic (exact) mass is 386 g/mol. The van der Waals surface area contributed by atoms with E-state index in [1.165, 1.54) is 23.5 Å². The second-order valence-electron chi connectivity index (χ2n) is 6.12. The van der Waals surface area contributed by atoms with Crippen LogP contribution in [0.25, 0.3) is 21.3 Å². The second-order valence-corrected chi connectivity index (χ2v) is 7.23. The molecule has 0 saturated carbocycles. The molecule has 140 valence electrons. The molecule has 0 aliphatic carbocycles. The number of hydrogen-bond donors (Lipinski definition) is 2. The number of carbonyl (C=O) groups is 2. The molecule has 7 heteroatoms. The summed E-state index contributed by atoms with van der Waals surface area (Å²) >= 11 is 1.40. The molecule has 0 saturated heterocycles. The molecule has 0 aliphatic rings. The minimum Gasteiger partial charge on any atom is -0.396 e. The number of carbonyl (C=O) groups excluding carboxylic acids is 2. The molecule has 2 aromatic carbocycles.